The van der Waals surface area contributed by atoms with Gasteiger partial charge in [0.2, 0.25) is 0 Å². The van der Waals surface area contributed by atoms with Crippen LogP contribution in [0.1, 0.15) is 52.9 Å². The summed E-state index contributed by atoms with van der Waals surface area (Å²) in [5.41, 5.74) is 5.75. The summed E-state index contributed by atoms with van der Waals surface area (Å²) in [6.07, 6.45) is 5.88. The maximum absolute atomic E-state index is 11.3. The molecule has 0 radical (unpaired) electrons. The zero-order valence-corrected chi connectivity index (χ0v) is 12.9. The topological polar surface area (TPSA) is 52.3 Å². The summed E-state index contributed by atoms with van der Waals surface area (Å²) in [4.78, 5) is 11.3. The molecule has 0 aromatic rings. The van der Waals surface area contributed by atoms with Crippen molar-refractivity contribution in [2.75, 3.05) is 18.1 Å². The van der Waals surface area contributed by atoms with Gasteiger partial charge in [0.05, 0.1) is 6.61 Å². The van der Waals surface area contributed by atoms with Gasteiger partial charge in [0.15, 0.2) is 0 Å². The van der Waals surface area contributed by atoms with Crippen molar-refractivity contribution in [3.05, 3.63) is 0 Å². The third-order valence-electron chi connectivity index (χ3n) is 3.06. The monoisotopic (exact) mass is 275 g/mol. The minimum Gasteiger partial charge on any atom is -0.465 e. The van der Waals surface area contributed by atoms with E-state index in [2.05, 4.69) is 13.8 Å². The molecule has 2 N–H and O–H groups in total. The third kappa shape index (κ3) is 8.81. The molecule has 0 aliphatic carbocycles. The lowest BCUT2D eigenvalue weighted by atomic mass is 10.0. The number of unbranched alkanes of at least 4 members (excludes halogenated alkanes) is 1. The summed E-state index contributed by atoms with van der Waals surface area (Å²) in [5, 5.41) is 0. The van der Waals surface area contributed by atoms with Gasteiger partial charge in [0, 0.05) is 0 Å². The van der Waals surface area contributed by atoms with Gasteiger partial charge in [-0.3, -0.25) is 4.79 Å². The summed E-state index contributed by atoms with van der Waals surface area (Å²) in [6, 6.07) is -0.451. The molecule has 0 aromatic carbocycles. The van der Waals surface area contributed by atoms with E-state index >= 15 is 0 Å². The molecule has 0 spiro atoms. The van der Waals surface area contributed by atoms with Gasteiger partial charge in [0.1, 0.15) is 6.04 Å². The van der Waals surface area contributed by atoms with Gasteiger partial charge in [-0.1, -0.05) is 33.1 Å². The van der Waals surface area contributed by atoms with Crippen molar-refractivity contribution < 1.29 is 9.53 Å². The van der Waals surface area contributed by atoms with Crippen molar-refractivity contribution in [2.24, 2.45) is 11.7 Å². The zero-order chi connectivity index (χ0) is 13.8. The quantitative estimate of drug-likeness (QED) is 0.465. The minimum atomic E-state index is -0.451. The van der Waals surface area contributed by atoms with Crippen LogP contribution in [0.5, 0.6) is 0 Å². The highest BCUT2D eigenvalue weighted by Crippen LogP contribution is 2.19. The number of hydrogen-bond acceptors (Lipinski definition) is 4. The van der Waals surface area contributed by atoms with E-state index in [1.54, 1.807) is 6.92 Å². The average molecular weight is 275 g/mol. The van der Waals surface area contributed by atoms with Crippen LogP contribution in [0.15, 0.2) is 0 Å². The van der Waals surface area contributed by atoms with Gasteiger partial charge in [-0.2, -0.15) is 11.8 Å². The molecular weight excluding hydrogens is 246 g/mol. The van der Waals surface area contributed by atoms with E-state index in [1.165, 1.54) is 31.4 Å². The highest BCUT2D eigenvalue weighted by atomic mass is 32.2. The Hall–Kier alpha value is -0.220. The first-order chi connectivity index (χ1) is 8.65. The Balaban J connectivity index is 3.61. The van der Waals surface area contributed by atoms with Gasteiger partial charge in [-0.05, 0) is 37.2 Å². The highest BCUT2D eigenvalue weighted by Gasteiger charge is 2.14. The number of rotatable bonds is 11. The van der Waals surface area contributed by atoms with Crippen LogP contribution in [-0.2, 0) is 9.53 Å². The smallest absolute Gasteiger partial charge is 0.322 e. The van der Waals surface area contributed by atoms with Gasteiger partial charge < -0.3 is 10.5 Å². The van der Waals surface area contributed by atoms with Crippen LogP contribution in [-0.4, -0.2) is 30.1 Å². The fourth-order valence-corrected chi connectivity index (χ4v) is 3.05. The van der Waals surface area contributed by atoms with E-state index in [0.717, 1.165) is 11.7 Å². The Morgan fingerprint density at radius 3 is 2.56 bits per heavy atom. The largest absolute Gasteiger partial charge is 0.465 e. The number of thioether (sulfide) groups is 1. The molecule has 0 bridgehead atoms. The second kappa shape index (κ2) is 11.8. The lowest BCUT2D eigenvalue weighted by molar-refractivity contribution is -0.144. The number of hydrogen-bond donors (Lipinski definition) is 1. The predicted molar refractivity (Wildman–Crippen MR) is 79.9 cm³/mol. The molecular formula is C14H29NO2S. The van der Waals surface area contributed by atoms with Crippen LogP contribution < -0.4 is 5.73 Å². The van der Waals surface area contributed by atoms with E-state index in [4.69, 9.17) is 10.5 Å². The molecule has 3 nitrogen and oxygen atoms in total. The van der Waals surface area contributed by atoms with E-state index < -0.39 is 6.04 Å². The predicted octanol–water partition coefficient (Wildman–Crippen LogP) is 3.22. The molecule has 0 aliphatic rings. The Morgan fingerprint density at radius 1 is 1.28 bits per heavy atom. The maximum atomic E-state index is 11.3. The molecule has 2 atom stereocenters. The lowest BCUT2D eigenvalue weighted by Gasteiger charge is -2.14. The van der Waals surface area contributed by atoms with Crippen molar-refractivity contribution in [1.29, 1.82) is 0 Å². The van der Waals surface area contributed by atoms with Crippen molar-refractivity contribution in [2.45, 2.75) is 58.9 Å². The Kier molecular flexibility index (Phi) is 11.7. The van der Waals surface area contributed by atoms with E-state index in [1.807, 2.05) is 11.8 Å². The van der Waals surface area contributed by atoms with Gasteiger partial charge in [-0.15, -0.1) is 0 Å². The van der Waals surface area contributed by atoms with Crippen molar-refractivity contribution in [3.63, 3.8) is 0 Å². The molecule has 4 heteroatoms. The number of nitrogens with two attached hydrogens (primary N) is 1. The molecule has 0 amide bonds. The van der Waals surface area contributed by atoms with E-state index in [0.29, 0.717) is 13.0 Å². The third-order valence-corrected chi connectivity index (χ3v) is 4.29. The highest BCUT2D eigenvalue weighted by molar-refractivity contribution is 7.99. The first kappa shape index (κ1) is 17.8. The van der Waals surface area contributed by atoms with Crippen LogP contribution in [0.2, 0.25) is 0 Å². The van der Waals surface area contributed by atoms with Gasteiger partial charge >= 0.3 is 5.97 Å². The second-order valence-electron chi connectivity index (χ2n) is 4.64. The van der Waals surface area contributed by atoms with Gasteiger partial charge in [-0.25, -0.2) is 0 Å². The standard InChI is InChI=1S/C14H29NO2S/c1-4-7-8-12(5-2)11-18-10-9-13(15)14(16)17-6-3/h12-13H,4-11,15H2,1-3H3. The molecule has 0 aliphatic heterocycles. The number of esters is 1. The number of carbonyl (C=O) groups excluding carboxylic acids is 1. The molecule has 0 saturated heterocycles. The lowest BCUT2D eigenvalue weighted by Crippen LogP contribution is -2.32. The zero-order valence-electron chi connectivity index (χ0n) is 12.1. The summed E-state index contributed by atoms with van der Waals surface area (Å²) < 4.78 is 4.88. The molecule has 108 valence electrons. The van der Waals surface area contributed by atoms with Crippen molar-refractivity contribution in [1.82, 2.24) is 0 Å². The second-order valence-corrected chi connectivity index (χ2v) is 5.79. The molecule has 0 aromatic heterocycles. The van der Waals surface area contributed by atoms with E-state index in [-0.39, 0.29) is 5.97 Å². The number of carbonyl (C=O) groups is 1. The summed E-state index contributed by atoms with van der Waals surface area (Å²) in [6.45, 7) is 6.71. The van der Waals surface area contributed by atoms with Crippen molar-refractivity contribution in [3.8, 4) is 0 Å². The molecule has 18 heavy (non-hydrogen) atoms. The first-order valence-electron chi connectivity index (χ1n) is 7.15. The fourth-order valence-electron chi connectivity index (χ4n) is 1.73. The average Bonchev–Trinajstić information content (AvgIpc) is 2.38. The molecule has 0 saturated carbocycles. The molecule has 0 heterocycles. The van der Waals surface area contributed by atoms with Crippen LogP contribution in [0.25, 0.3) is 0 Å². The normalized spacial score (nSPS) is 14.2. The Labute approximate surface area is 116 Å². The molecule has 0 rings (SSSR count). The Morgan fingerprint density at radius 2 is 2.00 bits per heavy atom. The van der Waals surface area contributed by atoms with Crippen LogP contribution >= 0.6 is 11.8 Å². The maximum Gasteiger partial charge on any atom is 0.322 e. The summed E-state index contributed by atoms with van der Waals surface area (Å²) in [7, 11) is 0. The van der Waals surface area contributed by atoms with E-state index in [9.17, 15) is 4.79 Å². The SMILES string of the molecule is CCCCC(CC)CSCCC(N)C(=O)OCC. The van der Waals surface area contributed by atoms with Crippen molar-refractivity contribution >= 4 is 17.7 Å². The molecule has 0 fully saturated rings. The van der Waals surface area contributed by atoms with Crippen LogP contribution in [0.4, 0.5) is 0 Å². The number of ether oxygens (including phenoxy) is 1. The summed E-state index contributed by atoms with van der Waals surface area (Å²) >= 11 is 1.91. The van der Waals surface area contributed by atoms with Crippen LogP contribution in [0.3, 0.4) is 0 Å². The Bertz CT molecular complexity index is 212. The van der Waals surface area contributed by atoms with Crippen LogP contribution in [0, 0.1) is 5.92 Å². The molecule has 2 unspecified atom stereocenters. The first-order valence-corrected chi connectivity index (χ1v) is 8.31. The minimum absolute atomic E-state index is 0.267. The fraction of sp³-hybridized carbons (Fsp3) is 0.929. The van der Waals surface area contributed by atoms with Gasteiger partial charge in [0.25, 0.3) is 0 Å². The summed E-state index contributed by atoms with van der Waals surface area (Å²) in [5.74, 6) is 2.68.